The number of nitrogens with one attached hydrogen (secondary N) is 2. The molecule has 3 rings (SSSR count). The van der Waals surface area contributed by atoms with E-state index in [9.17, 15) is 0 Å². The van der Waals surface area contributed by atoms with Gasteiger partial charge in [-0.3, -0.25) is 4.99 Å². The van der Waals surface area contributed by atoms with Crippen molar-refractivity contribution < 1.29 is 9.47 Å². The van der Waals surface area contributed by atoms with Crippen LogP contribution in [0.15, 0.2) is 4.99 Å². The van der Waals surface area contributed by atoms with Crippen LogP contribution in [-0.4, -0.2) is 50.5 Å². The van der Waals surface area contributed by atoms with E-state index in [1.54, 1.807) is 0 Å². The summed E-state index contributed by atoms with van der Waals surface area (Å²) in [7, 11) is 0. The summed E-state index contributed by atoms with van der Waals surface area (Å²) >= 11 is 0. The monoisotopic (exact) mass is 437 g/mol. The molecule has 0 aromatic rings. The quantitative estimate of drug-likeness (QED) is 0.381. The Bertz CT molecular complexity index is 395. The topological polar surface area (TPSA) is 54.9 Å². The number of rotatable bonds is 6. The standard InChI is InChI=1S/C17H31N3O2.HI/c1-3-18-16(19-12-13-7-5-10-22-13)20-14-11-15(21-4-2)17(14)8-6-9-17;/h13-15H,3-12H2,1-2H3,(H2,18,19,20);1H. The van der Waals surface area contributed by atoms with Crippen molar-refractivity contribution in [2.45, 2.75) is 70.6 Å². The van der Waals surface area contributed by atoms with Gasteiger partial charge in [0.05, 0.1) is 18.8 Å². The minimum atomic E-state index is 0. The van der Waals surface area contributed by atoms with E-state index in [1.807, 2.05) is 0 Å². The molecule has 1 saturated heterocycles. The summed E-state index contributed by atoms with van der Waals surface area (Å²) in [6, 6.07) is 0.514. The van der Waals surface area contributed by atoms with Crippen molar-refractivity contribution in [2.24, 2.45) is 10.4 Å². The Labute approximate surface area is 157 Å². The normalized spacial score (nSPS) is 31.9. The molecule has 1 aliphatic heterocycles. The molecule has 0 aromatic carbocycles. The van der Waals surface area contributed by atoms with Crippen LogP contribution in [0.2, 0.25) is 0 Å². The smallest absolute Gasteiger partial charge is 0.191 e. The van der Waals surface area contributed by atoms with Crippen molar-refractivity contribution in [3.8, 4) is 0 Å². The highest BCUT2D eigenvalue weighted by molar-refractivity contribution is 14.0. The van der Waals surface area contributed by atoms with Crippen LogP contribution in [0, 0.1) is 5.41 Å². The second kappa shape index (κ2) is 8.85. The molecule has 2 saturated carbocycles. The molecule has 6 heteroatoms. The van der Waals surface area contributed by atoms with Gasteiger partial charge in [0.15, 0.2) is 5.96 Å². The zero-order chi connectivity index (χ0) is 15.4. The van der Waals surface area contributed by atoms with Gasteiger partial charge in [0, 0.05) is 31.2 Å². The predicted octanol–water partition coefficient (Wildman–Crippen LogP) is 2.69. The Morgan fingerprint density at radius 3 is 2.70 bits per heavy atom. The molecular weight excluding hydrogens is 405 g/mol. The lowest BCUT2D eigenvalue weighted by Crippen LogP contribution is -2.68. The highest BCUT2D eigenvalue weighted by Crippen LogP contribution is 2.57. The molecule has 3 fully saturated rings. The molecule has 3 atom stereocenters. The molecule has 0 bridgehead atoms. The maximum Gasteiger partial charge on any atom is 0.191 e. The van der Waals surface area contributed by atoms with E-state index >= 15 is 0 Å². The summed E-state index contributed by atoms with van der Waals surface area (Å²) in [5.74, 6) is 0.948. The van der Waals surface area contributed by atoms with E-state index in [-0.39, 0.29) is 24.0 Å². The van der Waals surface area contributed by atoms with E-state index in [1.165, 1.54) is 25.7 Å². The van der Waals surface area contributed by atoms with Gasteiger partial charge in [-0.05, 0) is 46.0 Å². The van der Waals surface area contributed by atoms with Gasteiger partial charge in [0.25, 0.3) is 0 Å². The summed E-state index contributed by atoms with van der Waals surface area (Å²) < 4.78 is 11.6. The lowest BCUT2D eigenvalue weighted by atomic mass is 9.51. The molecule has 0 amide bonds. The zero-order valence-electron chi connectivity index (χ0n) is 14.5. The van der Waals surface area contributed by atoms with Crippen LogP contribution >= 0.6 is 24.0 Å². The molecule has 3 unspecified atom stereocenters. The van der Waals surface area contributed by atoms with Gasteiger partial charge in [0.1, 0.15) is 0 Å². The molecule has 1 spiro atoms. The van der Waals surface area contributed by atoms with Crippen LogP contribution in [0.5, 0.6) is 0 Å². The number of ether oxygens (including phenoxy) is 2. The average molecular weight is 437 g/mol. The Morgan fingerprint density at radius 1 is 1.30 bits per heavy atom. The minimum Gasteiger partial charge on any atom is -0.378 e. The Hall–Kier alpha value is -0.0800. The minimum absolute atomic E-state index is 0. The SMILES string of the molecule is CCNC(=NCC1CCCO1)NC1CC(OCC)C12CCC2.I. The number of hydrogen-bond donors (Lipinski definition) is 2. The van der Waals surface area contributed by atoms with Crippen LogP contribution in [0.1, 0.15) is 52.4 Å². The van der Waals surface area contributed by atoms with E-state index in [4.69, 9.17) is 14.5 Å². The Kier molecular flexibility index (Phi) is 7.41. The van der Waals surface area contributed by atoms with Crippen molar-refractivity contribution in [1.82, 2.24) is 10.6 Å². The number of nitrogens with zero attached hydrogens (tertiary/aromatic N) is 1. The Balaban J connectivity index is 0.00000192. The van der Waals surface area contributed by atoms with Gasteiger partial charge in [0.2, 0.25) is 0 Å². The van der Waals surface area contributed by atoms with Gasteiger partial charge < -0.3 is 20.1 Å². The van der Waals surface area contributed by atoms with Crippen molar-refractivity contribution >= 4 is 29.9 Å². The molecular formula is C17H32IN3O2. The van der Waals surface area contributed by atoms with Gasteiger partial charge in [-0.25, -0.2) is 0 Å². The lowest BCUT2D eigenvalue weighted by Gasteiger charge is -2.61. The van der Waals surface area contributed by atoms with Crippen LogP contribution in [0.3, 0.4) is 0 Å². The van der Waals surface area contributed by atoms with Crippen LogP contribution in [0.4, 0.5) is 0 Å². The molecule has 5 nitrogen and oxygen atoms in total. The molecule has 2 N–H and O–H groups in total. The third-order valence-corrected chi connectivity index (χ3v) is 5.57. The highest BCUT2D eigenvalue weighted by Gasteiger charge is 2.59. The summed E-state index contributed by atoms with van der Waals surface area (Å²) in [5.41, 5.74) is 0.371. The fourth-order valence-electron chi connectivity index (χ4n) is 4.11. The van der Waals surface area contributed by atoms with E-state index < -0.39 is 0 Å². The van der Waals surface area contributed by atoms with Crippen molar-refractivity contribution in [1.29, 1.82) is 0 Å². The molecule has 134 valence electrons. The summed E-state index contributed by atoms with van der Waals surface area (Å²) in [4.78, 5) is 4.74. The third kappa shape index (κ3) is 4.12. The Morgan fingerprint density at radius 2 is 2.13 bits per heavy atom. The number of hydrogen-bond acceptors (Lipinski definition) is 3. The first-order chi connectivity index (χ1) is 10.8. The van der Waals surface area contributed by atoms with E-state index in [0.29, 0.717) is 23.7 Å². The van der Waals surface area contributed by atoms with Gasteiger partial charge in [-0.2, -0.15) is 0 Å². The zero-order valence-corrected chi connectivity index (χ0v) is 16.8. The van der Waals surface area contributed by atoms with Gasteiger partial charge in [-0.15, -0.1) is 24.0 Å². The second-order valence-corrected chi connectivity index (χ2v) is 6.82. The van der Waals surface area contributed by atoms with Crippen molar-refractivity contribution in [3.05, 3.63) is 0 Å². The molecule has 2 aliphatic carbocycles. The maximum atomic E-state index is 5.93. The molecule has 3 aliphatic rings. The fourth-order valence-corrected chi connectivity index (χ4v) is 4.11. The summed E-state index contributed by atoms with van der Waals surface area (Å²) in [5, 5.41) is 7.04. The molecule has 1 heterocycles. The second-order valence-electron chi connectivity index (χ2n) is 6.82. The van der Waals surface area contributed by atoms with Gasteiger partial charge >= 0.3 is 0 Å². The maximum absolute atomic E-state index is 5.93. The van der Waals surface area contributed by atoms with Crippen LogP contribution < -0.4 is 10.6 Å². The van der Waals surface area contributed by atoms with E-state index in [2.05, 4.69) is 24.5 Å². The van der Waals surface area contributed by atoms with E-state index in [0.717, 1.165) is 45.1 Å². The third-order valence-electron chi connectivity index (χ3n) is 5.57. The predicted molar refractivity (Wildman–Crippen MR) is 104 cm³/mol. The number of halogens is 1. The highest BCUT2D eigenvalue weighted by atomic mass is 127. The largest absolute Gasteiger partial charge is 0.378 e. The van der Waals surface area contributed by atoms with Crippen molar-refractivity contribution in [2.75, 3.05) is 26.3 Å². The molecule has 0 aromatic heterocycles. The van der Waals surface area contributed by atoms with Gasteiger partial charge in [-0.1, -0.05) is 6.42 Å². The molecule has 0 radical (unpaired) electrons. The average Bonchev–Trinajstić information content (AvgIpc) is 2.95. The fraction of sp³-hybridized carbons (Fsp3) is 0.941. The van der Waals surface area contributed by atoms with Crippen LogP contribution in [-0.2, 0) is 9.47 Å². The number of aliphatic imine (C=N–C) groups is 1. The lowest BCUT2D eigenvalue weighted by molar-refractivity contribution is -0.168. The van der Waals surface area contributed by atoms with Crippen molar-refractivity contribution in [3.63, 3.8) is 0 Å². The first-order valence-corrected chi connectivity index (χ1v) is 9.06. The summed E-state index contributed by atoms with van der Waals surface area (Å²) in [6.07, 6.45) is 8.11. The first kappa shape index (κ1) is 19.2. The number of guanidine groups is 1. The van der Waals surface area contributed by atoms with Crippen LogP contribution in [0.25, 0.3) is 0 Å². The first-order valence-electron chi connectivity index (χ1n) is 9.06. The molecule has 23 heavy (non-hydrogen) atoms. The summed E-state index contributed by atoms with van der Waals surface area (Å²) in [6.45, 7) is 7.60.